The molecule has 0 unspecified atom stereocenters. The molecule has 0 aromatic rings. The van der Waals surface area contributed by atoms with Crippen molar-refractivity contribution in [3.63, 3.8) is 0 Å². The molecule has 0 aliphatic heterocycles. The Balaban J connectivity index is 0. The average Bonchev–Trinajstić information content (AvgIpc) is 1.87. The minimum absolute atomic E-state index is 0. The van der Waals surface area contributed by atoms with Crippen molar-refractivity contribution in [2.75, 3.05) is 0 Å². The summed E-state index contributed by atoms with van der Waals surface area (Å²) in [5.41, 5.74) is 0. The molecule has 0 amide bonds. The van der Waals surface area contributed by atoms with Gasteiger partial charge >= 0.3 is 31.8 Å². The van der Waals surface area contributed by atoms with Crippen LogP contribution in [0.5, 0.6) is 0 Å². The van der Waals surface area contributed by atoms with Gasteiger partial charge in [0.15, 0.2) is 0 Å². The minimum atomic E-state index is -0.670. The van der Waals surface area contributed by atoms with Crippen LogP contribution in [0, 0.1) is 0 Å². The van der Waals surface area contributed by atoms with E-state index in [1.54, 1.807) is 0 Å². The van der Waals surface area contributed by atoms with Crippen molar-refractivity contribution in [1.82, 2.24) is 0 Å². The molecule has 0 aromatic heterocycles. The third kappa shape index (κ3) is 13.3. The zero-order valence-corrected chi connectivity index (χ0v) is 6.60. The molecule has 66 valence electrons. The Morgan fingerprint density at radius 3 is 2.18 bits per heavy atom. The Hall–Kier alpha value is 0.340. The molecule has 0 fully saturated rings. The molecule has 0 saturated heterocycles. The van der Waals surface area contributed by atoms with E-state index < -0.39 is 5.97 Å². The van der Waals surface area contributed by atoms with Gasteiger partial charge in [-0.15, -0.1) is 0 Å². The van der Waals surface area contributed by atoms with Crippen LogP contribution >= 0.6 is 0 Å². The molecule has 0 rings (SSSR count). The Morgan fingerprint density at radius 1 is 1.18 bits per heavy atom. The van der Waals surface area contributed by atoms with Crippen molar-refractivity contribution in [2.45, 2.75) is 45.4 Å². The van der Waals surface area contributed by atoms with Gasteiger partial charge in [0, 0.05) is 6.42 Å². The number of carbonyl (C=O) groups is 1. The van der Waals surface area contributed by atoms with Crippen LogP contribution in [0.3, 0.4) is 0 Å². The summed E-state index contributed by atoms with van der Waals surface area (Å²) >= 11 is 0. The Labute approximate surface area is 87.2 Å². The van der Waals surface area contributed by atoms with E-state index in [2.05, 4.69) is 6.92 Å². The number of carboxylic acids is 1. The monoisotopic (exact) mass is 262 g/mol. The van der Waals surface area contributed by atoms with E-state index >= 15 is 0 Å². The third-order valence-electron chi connectivity index (χ3n) is 1.49. The Kier molecular flexibility index (Phi) is 13.1. The quantitative estimate of drug-likeness (QED) is 0.731. The summed E-state index contributed by atoms with van der Waals surface area (Å²) in [6, 6.07) is 0. The van der Waals surface area contributed by atoms with Crippen molar-refractivity contribution in [3.8, 4) is 0 Å². The fourth-order valence-corrected chi connectivity index (χ4v) is 0.880. The van der Waals surface area contributed by atoms with Crippen molar-refractivity contribution in [3.05, 3.63) is 0 Å². The number of rotatable bonds is 6. The van der Waals surface area contributed by atoms with Crippen LogP contribution < -0.4 is 0 Å². The topological polar surface area (TPSA) is 37.3 Å². The first-order chi connectivity index (χ1) is 4.77. The van der Waals surface area contributed by atoms with Gasteiger partial charge < -0.3 is 5.11 Å². The average molecular weight is 262 g/mol. The molecule has 0 bridgehead atoms. The van der Waals surface area contributed by atoms with Gasteiger partial charge in [0.2, 0.25) is 0 Å². The van der Waals surface area contributed by atoms with E-state index in [9.17, 15) is 4.79 Å². The predicted molar refractivity (Wildman–Crippen MR) is 51.0 cm³/mol. The molecule has 0 aromatic carbocycles. The zero-order valence-electron chi connectivity index (χ0n) is 6.60. The predicted octanol–water partition coefficient (Wildman–Crippen LogP) is 1.25. The molecule has 0 spiro atoms. The molecule has 0 aliphatic rings. The maximum atomic E-state index is 10.0. The van der Waals surface area contributed by atoms with Crippen molar-refractivity contribution >= 4 is 31.8 Å². The van der Waals surface area contributed by atoms with Crippen LogP contribution in [-0.2, 0) is 4.79 Å². The maximum absolute atomic E-state index is 10.0. The summed E-state index contributed by atoms with van der Waals surface area (Å²) in [6.45, 7) is 2.15. The summed E-state index contributed by atoms with van der Waals surface area (Å²) in [4.78, 5) is 10.0. The van der Waals surface area contributed by atoms with Crippen LogP contribution in [0.2, 0.25) is 0 Å². The van der Waals surface area contributed by atoms with E-state index in [4.69, 9.17) is 5.11 Å². The molecular formula is C8H19InO2. The van der Waals surface area contributed by atoms with E-state index in [1.807, 2.05) is 0 Å². The van der Waals surface area contributed by atoms with Gasteiger partial charge in [0.05, 0.1) is 0 Å². The van der Waals surface area contributed by atoms with Crippen LogP contribution in [0.1, 0.15) is 45.4 Å². The fraction of sp³-hybridized carbons (Fsp3) is 0.875. The van der Waals surface area contributed by atoms with Crippen molar-refractivity contribution in [2.24, 2.45) is 0 Å². The van der Waals surface area contributed by atoms with Crippen LogP contribution in [-0.4, -0.2) is 36.9 Å². The number of hydrogen-bond acceptors (Lipinski definition) is 1. The Bertz CT molecular complexity index is 94.1. The van der Waals surface area contributed by atoms with E-state index in [0.717, 1.165) is 12.8 Å². The number of aliphatic carboxylic acids is 1. The first kappa shape index (κ1) is 13.9. The molecular weight excluding hydrogens is 243 g/mol. The third-order valence-corrected chi connectivity index (χ3v) is 1.49. The SMILES string of the molecule is CCCCCCCC(=O)O.[InH3]. The molecule has 3 heteroatoms. The number of carboxylic acid groups (broad SMARTS) is 1. The van der Waals surface area contributed by atoms with Crippen molar-refractivity contribution in [1.29, 1.82) is 0 Å². The van der Waals surface area contributed by atoms with Crippen LogP contribution in [0.15, 0.2) is 0 Å². The van der Waals surface area contributed by atoms with E-state index in [0.29, 0.717) is 6.42 Å². The van der Waals surface area contributed by atoms with E-state index in [1.165, 1.54) is 19.3 Å². The summed E-state index contributed by atoms with van der Waals surface area (Å²) in [6.07, 6.45) is 5.88. The summed E-state index contributed by atoms with van der Waals surface area (Å²) in [5, 5.41) is 8.27. The molecule has 11 heavy (non-hydrogen) atoms. The fourth-order valence-electron chi connectivity index (χ4n) is 0.880. The van der Waals surface area contributed by atoms with E-state index in [-0.39, 0.29) is 25.8 Å². The molecule has 0 aliphatic carbocycles. The van der Waals surface area contributed by atoms with Gasteiger partial charge in [-0.1, -0.05) is 32.6 Å². The molecule has 0 atom stereocenters. The molecule has 0 radical (unpaired) electrons. The Morgan fingerprint density at radius 2 is 1.73 bits per heavy atom. The standard InChI is InChI=1S/C8H16O2.In.3H/c1-2-3-4-5-6-7-8(9)10;;;;/h2-7H2,1H3,(H,9,10);;;;. The summed E-state index contributed by atoms with van der Waals surface area (Å²) < 4.78 is 0. The first-order valence-electron chi connectivity index (χ1n) is 3.99. The normalized spacial score (nSPS) is 8.82. The zero-order chi connectivity index (χ0) is 7.82. The van der Waals surface area contributed by atoms with Gasteiger partial charge in [0.25, 0.3) is 0 Å². The van der Waals surface area contributed by atoms with Gasteiger partial charge in [-0.05, 0) is 6.42 Å². The molecule has 2 nitrogen and oxygen atoms in total. The van der Waals surface area contributed by atoms with Crippen molar-refractivity contribution < 1.29 is 9.90 Å². The molecule has 0 saturated carbocycles. The summed E-state index contributed by atoms with van der Waals surface area (Å²) in [7, 11) is 0. The number of unbranched alkanes of at least 4 members (excludes halogenated alkanes) is 4. The van der Waals surface area contributed by atoms with Gasteiger partial charge in [-0.25, -0.2) is 0 Å². The first-order valence-corrected chi connectivity index (χ1v) is 3.99. The second-order valence-corrected chi connectivity index (χ2v) is 2.56. The van der Waals surface area contributed by atoms with Crippen LogP contribution in [0.4, 0.5) is 0 Å². The molecule has 1 N–H and O–H groups in total. The summed E-state index contributed by atoms with van der Waals surface area (Å²) in [5.74, 6) is -0.670. The van der Waals surface area contributed by atoms with Gasteiger partial charge in [-0.2, -0.15) is 0 Å². The second kappa shape index (κ2) is 10.3. The molecule has 0 heterocycles. The van der Waals surface area contributed by atoms with Gasteiger partial charge in [0.1, 0.15) is 0 Å². The van der Waals surface area contributed by atoms with Gasteiger partial charge in [-0.3, -0.25) is 4.79 Å². The van der Waals surface area contributed by atoms with Crippen LogP contribution in [0.25, 0.3) is 0 Å². The second-order valence-electron chi connectivity index (χ2n) is 2.56. The number of hydrogen-bond donors (Lipinski definition) is 1.